The maximum absolute atomic E-state index is 11.9. The molecule has 0 bridgehead atoms. The van der Waals surface area contributed by atoms with Crippen molar-refractivity contribution in [2.45, 2.75) is 30.9 Å². The van der Waals surface area contributed by atoms with E-state index in [-0.39, 0.29) is 11.2 Å². The molecular weight excluding hydrogens is 238 g/mol. The van der Waals surface area contributed by atoms with Gasteiger partial charge in [-0.15, -0.1) is 0 Å². The SMILES string of the molecule is CS(=O)(=O)C1CN(C(=O)CC2C=CCCC2)C1. The van der Waals surface area contributed by atoms with Gasteiger partial charge in [0.2, 0.25) is 5.91 Å². The molecule has 1 fully saturated rings. The number of nitrogens with zero attached hydrogens (tertiary/aromatic N) is 1. The fourth-order valence-corrected chi connectivity index (χ4v) is 3.22. The van der Waals surface area contributed by atoms with Crippen molar-refractivity contribution in [3.8, 4) is 0 Å². The molecule has 1 aliphatic carbocycles. The van der Waals surface area contributed by atoms with Gasteiger partial charge in [-0.25, -0.2) is 8.42 Å². The summed E-state index contributed by atoms with van der Waals surface area (Å²) in [6.07, 6.45) is 9.37. The number of likely N-dealkylation sites (tertiary alicyclic amines) is 1. The van der Waals surface area contributed by atoms with Crippen molar-refractivity contribution in [3.05, 3.63) is 12.2 Å². The van der Waals surface area contributed by atoms with E-state index in [1.165, 1.54) is 6.26 Å². The molecular formula is C12H19NO3S. The molecule has 0 aromatic heterocycles. The topological polar surface area (TPSA) is 54.5 Å². The molecule has 0 N–H and O–H groups in total. The van der Waals surface area contributed by atoms with Crippen LogP contribution in [0.5, 0.6) is 0 Å². The molecule has 96 valence electrons. The van der Waals surface area contributed by atoms with Gasteiger partial charge in [-0.2, -0.15) is 0 Å². The lowest BCUT2D eigenvalue weighted by Crippen LogP contribution is -2.56. The summed E-state index contributed by atoms with van der Waals surface area (Å²) in [6.45, 7) is 0.766. The fraction of sp³-hybridized carbons (Fsp3) is 0.750. The molecule has 0 spiro atoms. The van der Waals surface area contributed by atoms with Crippen molar-refractivity contribution in [3.63, 3.8) is 0 Å². The Morgan fingerprint density at radius 3 is 2.65 bits per heavy atom. The summed E-state index contributed by atoms with van der Waals surface area (Å²) in [7, 11) is -2.97. The van der Waals surface area contributed by atoms with Crippen molar-refractivity contribution < 1.29 is 13.2 Å². The Bertz CT molecular complexity index is 421. The molecule has 5 heteroatoms. The summed E-state index contributed by atoms with van der Waals surface area (Å²) in [5.74, 6) is 0.454. The predicted molar refractivity (Wildman–Crippen MR) is 66.3 cm³/mol. The van der Waals surface area contributed by atoms with Gasteiger partial charge in [-0.05, 0) is 25.2 Å². The highest BCUT2D eigenvalue weighted by Gasteiger charge is 2.37. The van der Waals surface area contributed by atoms with Crippen LogP contribution in [0.1, 0.15) is 25.7 Å². The van der Waals surface area contributed by atoms with E-state index in [9.17, 15) is 13.2 Å². The Morgan fingerprint density at radius 2 is 2.12 bits per heavy atom. The van der Waals surface area contributed by atoms with Crippen LogP contribution in [0.4, 0.5) is 0 Å². The Kier molecular flexibility index (Phi) is 3.56. The van der Waals surface area contributed by atoms with E-state index in [2.05, 4.69) is 12.2 Å². The predicted octanol–water partition coefficient (Wildman–Crippen LogP) is 0.988. The summed E-state index contributed by atoms with van der Waals surface area (Å²) in [5.41, 5.74) is 0. The van der Waals surface area contributed by atoms with Gasteiger partial charge in [-0.3, -0.25) is 4.79 Å². The first-order valence-corrected chi connectivity index (χ1v) is 8.05. The van der Waals surface area contributed by atoms with Gasteiger partial charge in [0, 0.05) is 25.8 Å². The quantitative estimate of drug-likeness (QED) is 0.708. The molecule has 1 heterocycles. The zero-order chi connectivity index (χ0) is 12.5. The van der Waals surface area contributed by atoms with Crippen LogP contribution in [0.2, 0.25) is 0 Å². The Balaban J connectivity index is 1.79. The summed E-state index contributed by atoms with van der Waals surface area (Å²) in [4.78, 5) is 13.5. The standard InChI is InChI=1S/C12H19NO3S/c1-17(15,16)11-8-13(9-11)12(14)7-10-5-3-2-4-6-10/h3,5,10-11H,2,4,6-9H2,1H3. The number of carbonyl (C=O) groups is 1. The van der Waals surface area contributed by atoms with Crippen LogP contribution in [0.25, 0.3) is 0 Å². The molecule has 0 aromatic rings. The van der Waals surface area contributed by atoms with E-state index in [0.717, 1.165) is 19.3 Å². The zero-order valence-electron chi connectivity index (χ0n) is 10.1. The third kappa shape index (κ3) is 3.09. The normalized spacial score (nSPS) is 25.7. The van der Waals surface area contributed by atoms with Crippen LogP contribution < -0.4 is 0 Å². The van der Waals surface area contributed by atoms with Crippen molar-refractivity contribution >= 4 is 15.7 Å². The maximum atomic E-state index is 11.9. The van der Waals surface area contributed by atoms with Crippen molar-refractivity contribution in [2.24, 2.45) is 5.92 Å². The second kappa shape index (κ2) is 4.80. The van der Waals surface area contributed by atoms with E-state index in [0.29, 0.717) is 25.4 Å². The summed E-state index contributed by atoms with van der Waals surface area (Å²) in [6, 6.07) is 0. The molecule has 2 aliphatic rings. The maximum Gasteiger partial charge on any atom is 0.223 e. The molecule has 1 aliphatic heterocycles. The van der Waals surface area contributed by atoms with Gasteiger partial charge in [0.05, 0.1) is 5.25 Å². The average molecular weight is 257 g/mol. The van der Waals surface area contributed by atoms with Crippen molar-refractivity contribution in [1.82, 2.24) is 4.90 Å². The van der Waals surface area contributed by atoms with Crippen LogP contribution in [0.3, 0.4) is 0 Å². The highest BCUT2D eigenvalue weighted by molar-refractivity contribution is 7.91. The molecule has 0 aromatic carbocycles. The number of amides is 1. The van der Waals surface area contributed by atoms with Gasteiger partial charge < -0.3 is 4.90 Å². The van der Waals surface area contributed by atoms with Crippen LogP contribution in [0.15, 0.2) is 12.2 Å². The minimum Gasteiger partial charge on any atom is -0.340 e. The third-order valence-corrected chi connectivity index (χ3v) is 5.11. The zero-order valence-corrected chi connectivity index (χ0v) is 10.9. The smallest absolute Gasteiger partial charge is 0.223 e. The molecule has 1 amide bonds. The van der Waals surface area contributed by atoms with E-state index in [1.807, 2.05) is 0 Å². The van der Waals surface area contributed by atoms with Gasteiger partial charge in [0.25, 0.3) is 0 Å². The number of rotatable bonds is 3. The van der Waals surface area contributed by atoms with Crippen molar-refractivity contribution in [2.75, 3.05) is 19.3 Å². The Morgan fingerprint density at radius 1 is 1.41 bits per heavy atom. The number of hydrogen-bond donors (Lipinski definition) is 0. The van der Waals surface area contributed by atoms with E-state index in [4.69, 9.17) is 0 Å². The fourth-order valence-electron chi connectivity index (χ4n) is 2.32. The van der Waals surface area contributed by atoms with Crippen LogP contribution in [0, 0.1) is 5.92 Å². The third-order valence-electron chi connectivity index (χ3n) is 3.60. The van der Waals surface area contributed by atoms with E-state index >= 15 is 0 Å². The minimum absolute atomic E-state index is 0.0986. The van der Waals surface area contributed by atoms with E-state index in [1.54, 1.807) is 4.90 Å². The lowest BCUT2D eigenvalue weighted by molar-refractivity contribution is -0.135. The Hall–Kier alpha value is -0.840. The first kappa shape index (κ1) is 12.6. The van der Waals surface area contributed by atoms with Crippen molar-refractivity contribution in [1.29, 1.82) is 0 Å². The summed E-state index contributed by atoms with van der Waals surface area (Å²) < 4.78 is 22.4. The molecule has 0 saturated carbocycles. The molecule has 0 radical (unpaired) electrons. The lowest BCUT2D eigenvalue weighted by Gasteiger charge is -2.38. The second-order valence-corrected chi connectivity index (χ2v) is 7.40. The molecule has 4 nitrogen and oxygen atoms in total. The first-order chi connectivity index (χ1) is 7.97. The molecule has 2 rings (SSSR count). The van der Waals surface area contributed by atoms with Gasteiger partial charge in [-0.1, -0.05) is 12.2 Å². The van der Waals surface area contributed by atoms with E-state index < -0.39 is 9.84 Å². The average Bonchev–Trinajstić information content (AvgIpc) is 2.14. The molecule has 1 atom stereocenters. The molecule has 1 unspecified atom stereocenters. The highest BCUT2D eigenvalue weighted by atomic mass is 32.2. The summed E-state index contributed by atoms with van der Waals surface area (Å²) in [5, 5.41) is -0.339. The lowest BCUT2D eigenvalue weighted by atomic mass is 9.92. The highest BCUT2D eigenvalue weighted by Crippen LogP contribution is 2.23. The molecule has 17 heavy (non-hydrogen) atoms. The Labute approximate surface area is 103 Å². The summed E-state index contributed by atoms with van der Waals surface area (Å²) >= 11 is 0. The van der Waals surface area contributed by atoms with Crippen LogP contribution in [-0.4, -0.2) is 43.8 Å². The largest absolute Gasteiger partial charge is 0.340 e. The van der Waals surface area contributed by atoms with Gasteiger partial charge >= 0.3 is 0 Å². The number of carbonyl (C=O) groups excluding carboxylic acids is 1. The number of hydrogen-bond acceptors (Lipinski definition) is 3. The minimum atomic E-state index is -2.97. The molecule has 1 saturated heterocycles. The monoisotopic (exact) mass is 257 g/mol. The second-order valence-electron chi connectivity index (χ2n) is 5.07. The number of sulfone groups is 1. The van der Waals surface area contributed by atoms with Crippen LogP contribution >= 0.6 is 0 Å². The number of allylic oxidation sites excluding steroid dienone is 2. The van der Waals surface area contributed by atoms with Gasteiger partial charge in [0.15, 0.2) is 9.84 Å². The van der Waals surface area contributed by atoms with Crippen LogP contribution in [-0.2, 0) is 14.6 Å². The van der Waals surface area contributed by atoms with Gasteiger partial charge in [0.1, 0.15) is 0 Å². The first-order valence-electron chi connectivity index (χ1n) is 6.10.